The predicted octanol–water partition coefficient (Wildman–Crippen LogP) is 2.58. The highest BCUT2D eigenvalue weighted by Gasteiger charge is 2.17. The first-order valence-electron chi connectivity index (χ1n) is 8.76. The highest BCUT2D eigenvalue weighted by Crippen LogP contribution is 2.22. The molecular weight excluding hydrogens is 330 g/mol. The van der Waals surface area contributed by atoms with Crippen LogP contribution >= 0.6 is 0 Å². The highest BCUT2D eigenvalue weighted by molar-refractivity contribution is 5.78. The largest absolute Gasteiger partial charge is 0.550 e. The molecule has 0 spiro atoms. The van der Waals surface area contributed by atoms with Gasteiger partial charge >= 0.3 is 0 Å². The van der Waals surface area contributed by atoms with Gasteiger partial charge in [0.05, 0.1) is 12.6 Å². The maximum absolute atomic E-state index is 12.4. The van der Waals surface area contributed by atoms with Crippen LogP contribution in [0.25, 0.3) is 0 Å². The number of amides is 1. The van der Waals surface area contributed by atoms with Gasteiger partial charge in [0, 0.05) is 18.8 Å². The Morgan fingerprint density at radius 2 is 1.65 bits per heavy atom. The molecule has 0 unspecified atom stereocenters. The summed E-state index contributed by atoms with van der Waals surface area (Å²) in [5.41, 5.74) is 1.78. The fourth-order valence-electron chi connectivity index (χ4n) is 2.81. The molecule has 138 valence electrons. The second kappa shape index (κ2) is 9.61. The Bertz CT molecular complexity index is 713. The van der Waals surface area contributed by atoms with E-state index in [-0.39, 0.29) is 24.7 Å². The molecule has 0 heterocycles. The molecule has 1 N–H and O–H groups in total. The summed E-state index contributed by atoms with van der Waals surface area (Å²) in [4.78, 5) is 23.5. The number of carbonyl (C=O) groups excluding carboxylic acids is 2. The van der Waals surface area contributed by atoms with Gasteiger partial charge in [0.2, 0.25) is 5.91 Å². The number of carboxylic acid groups (broad SMARTS) is 1. The van der Waals surface area contributed by atoms with Gasteiger partial charge in [-0.1, -0.05) is 49.4 Å². The van der Waals surface area contributed by atoms with Crippen molar-refractivity contribution in [3.8, 4) is 5.75 Å². The molecule has 2 atom stereocenters. The van der Waals surface area contributed by atoms with Crippen LogP contribution in [0.2, 0.25) is 0 Å². The maximum atomic E-state index is 12.4. The quantitative estimate of drug-likeness (QED) is 0.751. The van der Waals surface area contributed by atoms with Gasteiger partial charge in [0.25, 0.3) is 0 Å². The Morgan fingerprint density at radius 3 is 2.23 bits per heavy atom. The number of rotatable bonds is 9. The van der Waals surface area contributed by atoms with Gasteiger partial charge in [-0.3, -0.25) is 4.79 Å². The first kappa shape index (κ1) is 19.5. The smallest absolute Gasteiger partial charge is 0.221 e. The maximum Gasteiger partial charge on any atom is 0.221 e. The van der Waals surface area contributed by atoms with Gasteiger partial charge in [0.1, 0.15) is 5.75 Å². The van der Waals surface area contributed by atoms with Crippen LogP contribution in [0.1, 0.15) is 49.8 Å². The molecular formula is C21H24NO4-. The van der Waals surface area contributed by atoms with Crippen LogP contribution in [0, 0.1) is 0 Å². The van der Waals surface area contributed by atoms with Gasteiger partial charge in [-0.05, 0) is 36.1 Å². The molecule has 0 fully saturated rings. The molecule has 2 aromatic carbocycles. The van der Waals surface area contributed by atoms with E-state index in [1.54, 1.807) is 24.3 Å². The SMILES string of the molecule is CCOc1ccc([C@@H](CC(=O)[O-])NC(=O)C[C@@H](C)c2ccccc2)cc1. The lowest BCUT2D eigenvalue weighted by atomic mass is 9.97. The fraction of sp³-hybridized carbons (Fsp3) is 0.333. The van der Waals surface area contributed by atoms with E-state index in [4.69, 9.17) is 4.74 Å². The number of benzene rings is 2. The van der Waals surface area contributed by atoms with Gasteiger partial charge < -0.3 is 20.0 Å². The number of hydrogen-bond donors (Lipinski definition) is 1. The highest BCUT2D eigenvalue weighted by atomic mass is 16.5. The molecule has 0 aromatic heterocycles. The van der Waals surface area contributed by atoms with E-state index in [9.17, 15) is 14.7 Å². The van der Waals surface area contributed by atoms with E-state index >= 15 is 0 Å². The third kappa shape index (κ3) is 5.92. The molecule has 0 saturated carbocycles. The number of carbonyl (C=O) groups is 2. The number of hydrogen-bond acceptors (Lipinski definition) is 4. The number of carboxylic acids is 1. The second-order valence-electron chi connectivity index (χ2n) is 6.21. The van der Waals surface area contributed by atoms with Gasteiger partial charge in [-0.15, -0.1) is 0 Å². The molecule has 0 saturated heterocycles. The van der Waals surface area contributed by atoms with Crippen LogP contribution < -0.4 is 15.2 Å². The number of aliphatic carboxylic acids is 1. The van der Waals surface area contributed by atoms with Crippen LogP contribution in [-0.4, -0.2) is 18.5 Å². The van der Waals surface area contributed by atoms with Crippen molar-refractivity contribution in [1.82, 2.24) is 5.32 Å². The zero-order valence-electron chi connectivity index (χ0n) is 15.1. The van der Waals surface area contributed by atoms with Crippen molar-refractivity contribution in [3.05, 3.63) is 65.7 Å². The molecule has 0 aliphatic carbocycles. The zero-order valence-corrected chi connectivity index (χ0v) is 15.1. The van der Waals surface area contributed by atoms with Crippen molar-refractivity contribution in [3.63, 3.8) is 0 Å². The lowest BCUT2D eigenvalue weighted by Gasteiger charge is -2.21. The topological polar surface area (TPSA) is 78.5 Å². The van der Waals surface area contributed by atoms with Gasteiger partial charge in [0.15, 0.2) is 0 Å². The van der Waals surface area contributed by atoms with E-state index in [2.05, 4.69) is 5.32 Å². The van der Waals surface area contributed by atoms with Crippen molar-refractivity contribution in [2.75, 3.05) is 6.61 Å². The molecule has 0 bridgehead atoms. The number of nitrogens with one attached hydrogen (secondary N) is 1. The van der Waals surface area contributed by atoms with E-state index in [1.807, 2.05) is 44.2 Å². The van der Waals surface area contributed by atoms with Gasteiger partial charge in [-0.2, -0.15) is 0 Å². The van der Waals surface area contributed by atoms with Crippen LogP contribution in [0.3, 0.4) is 0 Å². The third-order valence-corrected chi connectivity index (χ3v) is 4.16. The fourth-order valence-corrected chi connectivity index (χ4v) is 2.81. The molecule has 5 nitrogen and oxygen atoms in total. The molecule has 0 aliphatic heterocycles. The molecule has 26 heavy (non-hydrogen) atoms. The van der Waals surface area contributed by atoms with Crippen molar-refractivity contribution in [2.24, 2.45) is 0 Å². The summed E-state index contributed by atoms with van der Waals surface area (Å²) in [6.45, 7) is 4.41. The van der Waals surface area contributed by atoms with Crippen LogP contribution in [0.5, 0.6) is 5.75 Å². The summed E-state index contributed by atoms with van der Waals surface area (Å²) in [6, 6.07) is 16.2. The molecule has 0 radical (unpaired) electrons. The van der Waals surface area contributed by atoms with E-state index < -0.39 is 12.0 Å². The normalized spacial score (nSPS) is 12.8. The summed E-state index contributed by atoms with van der Waals surface area (Å²) >= 11 is 0. The van der Waals surface area contributed by atoms with Crippen LogP contribution in [0.15, 0.2) is 54.6 Å². The predicted molar refractivity (Wildman–Crippen MR) is 97.6 cm³/mol. The summed E-state index contributed by atoms with van der Waals surface area (Å²) in [5.74, 6) is -0.658. The Morgan fingerprint density at radius 1 is 1.00 bits per heavy atom. The lowest BCUT2D eigenvalue weighted by molar-refractivity contribution is -0.306. The minimum Gasteiger partial charge on any atom is -0.550 e. The Hall–Kier alpha value is -2.82. The Kier molecular flexibility index (Phi) is 7.21. The lowest BCUT2D eigenvalue weighted by Crippen LogP contribution is -2.34. The van der Waals surface area contributed by atoms with E-state index in [1.165, 1.54) is 0 Å². The summed E-state index contributed by atoms with van der Waals surface area (Å²) in [5, 5.41) is 13.9. The molecule has 1 amide bonds. The molecule has 2 aromatic rings. The van der Waals surface area contributed by atoms with Crippen molar-refractivity contribution in [1.29, 1.82) is 0 Å². The summed E-state index contributed by atoms with van der Waals surface area (Å²) < 4.78 is 5.39. The van der Waals surface area contributed by atoms with E-state index in [0.717, 1.165) is 5.56 Å². The minimum absolute atomic E-state index is 0.0418. The third-order valence-electron chi connectivity index (χ3n) is 4.16. The summed E-state index contributed by atoms with van der Waals surface area (Å²) in [6.07, 6.45) is 0.00400. The standard InChI is InChI=1S/C21H25NO4/c1-3-26-18-11-9-17(10-12-18)19(14-21(24)25)22-20(23)13-15(2)16-7-5-4-6-8-16/h4-12,15,19H,3,13-14H2,1-2H3,(H,22,23)(H,24,25)/p-1/t15-,19-/m1/s1. The van der Waals surface area contributed by atoms with Crippen molar-refractivity contribution in [2.45, 2.75) is 38.6 Å². The second-order valence-corrected chi connectivity index (χ2v) is 6.21. The van der Waals surface area contributed by atoms with Gasteiger partial charge in [-0.25, -0.2) is 0 Å². The monoisotopic (exact) mass is 354 g/mol. The average molecular weight is 354 g/mol. The Labute approximate surface area is 154 Å². The summed E-state index contributed by atoms with van der Waals surface area (Å²) in [7, 11) is 0. The van der Waals surface area contributed by atoms with Crippen molar-refractivity contribution >= 4 is 11.9 Å². The first-order chi connectivity index (χ1) is 12.5. The average Bonchev–Trinajstić information content (AvgIpc) is 2.62. The van der Waals surface area contributed by atoms with Crippen LogP contribution in [0.4, 0.5) is 0 Å². The minimum atomic E-state index is -1.21. The first-order valence-corrected chi connectivity index (χ1v) is 8.76. The zero-order chi connectivity index (χ0) is 18.9. The van der Waals surface area contributed by atoms with Crippen LogP contribution in [-0.2, 0) is 9.59 Å². The molecule has 0 aliphatic rings. The van der Waals surface area contributed by atoms with Crippen molar-refractivity contribution < 1.29 is 19.4 Å². The van der Waals surface area contributed by atoms with E-state index in [0.29, 0.717) is 17.9 Å². The number of ether oxygens (including phenoxy) is 1. The Balaban J connectivity index is 2.04. The molecule has 2 rings (SSSR count). The molecule has 5 heteroatoms.